The van der Waals surface area contributed by atoms with Crippen LogP contribution in [0.15, 0.2) is 49.3 Å². The molecule has 0 unspecified atom stereocenters. The zero-order chi connectivity index (χ0) is 14.7. The van der Waals surface area contributed by atoms with Gasteiger partial charge in [-0.05, 0) is 12.1 Å². The van der Waals surface area contributed by atoms with Crippen LogP contribution in [0.3, 0.4) is 0 Å². The van der Waals surface area contributed by atoms with Gasteiger partial charge in [-0.25, -0.2) is 15.0 Å². The number of benzene rings is 1. The van der Waals surface area contributed by atoms with Crippen LogP contribution in [-0.4, -0.2) is 26.6 Å². The summed E-state index contributed by atoms with van der Waals surface area (Å²) in [5, 5.41) is 3.16. The van der Waals surface area contributed by atoms with Crippen LogP contribution in [0.2, 0.25) is 0 Å². The molecule has 3 aromatic rings. The molecule has 0 atom stereocenters. The monoisotopic (exact) mass is 282 g/mol. The van der Waals surface area contributed by atoms with Crippen LogP contribution in [0.1, 0.15) is 0 Å². The minimum Gasteiger partial charge on any atom is -0.495 e. The number of nitrogens with one attached hydrogen (secondary N) is 1. The molecule has 0 saturated heterocycles. The van der Waals surface area contributed by atoms with Crippen LogP contribution in [0.5, 0.6) is 5.75 Å². The number of aromatic nitrogens is 4. The molecule has 3 N–H and O–H groups in total. The van der Waals surface area contributed by atoms with Gasteiger partial charge in [0.2, 0.25) is 0 Å². The van der Waals surface area contributed by atoms with Gasteiger partial charge in [0.25, 0.3) is 0 Å². The molecular weight excluding hydrogens is 268 g/mol. The third-order valence-electron chi connectivity index (χ3n) is 2.97. The average Bonchev–Trinajstić information content (AvgIpc) is 3.04. The molecule has 0 saturated carbocycles. The van der Waals surface area contributed by atoms with E-state index in [0.29, 0.717) is 23.1 Å². The van der Waals surface area contributed by atoms with Crippen molar-refractivity contribution < 1.29 is 4.74 Å². The number of hydrogen-bond acceptors (Lipinski definition) is 6. The summed E-state index contributed by atoms with van der Waals surface area (Å²) in [6.45, 7) is 0. The van der Waals surface area contributed by atoms with E-state index in [0.717, 1.165) is 5.69 Å². The lowest BCUT2D eigenvalue weighted by Crippen LogP contribution is -2.07. The number of para-hydroxylation sites is 2. The fourth-order valence-electron chi connectivity index (χ4n) is 1.95. The van der Waals surface area contributed by atoms with E-state index in [1.54, 1.807) is 30.4 Å². The van der Waals surface area contributed by atoms with Crippen molar-refractivity contribution >= 4 is 17.2 Å². The molecule has 0 aliphatic heterocycles. The zero-order valence-corrected chi connectivity index (χ0v) is 11.4. The van der Waals surface area contributed by atoms with Crippen LogP contribution >= 0.6 is 0 Å². The van der Waals surface area contributed by atoms with Crippen molar-refractivity contribution in [2.75, 3.05) is 18.2 Å². The van der Waals surface area contributed by atoms with Gasteiger partial charge in [-0.1, -0.05) is 12.1 Å². The lowest BCUT2D eigenvalue weighted by atomic mass is 10.3. The first kappa shape index (κ1) is 12.9. The summed E-state index contributed by atoms with van der Waals surface area (Å²) in [5.74, 6) is 1.79. The first-order chi connectivity index (χ1) is 10.3. The maximum Gasteiger partial charge on any atom is 0.166 e. The molecule has 0 aliphatic carbocycles. The highest BCUT2D eigenvalue weighted by molar-refractivity contribution is 5.76. The van der Waals surface area contributed by atoms with Gasteiger partial charge in [0.05, 0.1) is 12.8 Å². The molecule has 0 bridgehead atoms. The number of imidazole rings is 1. The van der Waals surface area contributed by atoms with E-state index in [4.69, 9.17) is 10.5 Å². The number of hydrogen-bond donors (Lipinski definition) is 2. The van der Waals surface area contributed by atoms with E-state index >= 15 is 0 Å². The number of methoxy groups -OCH3 is 1. The highest BCUT2D eigenvalue weighted by Gasteiger charge is 2.11. The Morgan fingerprint density at radius 3 is 2.86 bits per heavy atom. The van der Waals surface area contributed by atoms with Crippen molar-refractivity contribution in [3.8, 4) is 11.6 Å². The summed E-state index contributed by atoms with van der Waals surface area (Å²) < 4.78 is 7.02. The van der Waals surface area contributed by atoms with Gasteiger partial charge >= 0.3 is 0 Å². The number of nitrogens with zero attached hydrogens (tertiary/aromatic N) is 4. The van der Waals surface area contributed by atoms with Gasteiger partial charge in [0.1, 0.15) is 24.1 Å². The van der Waals surface area contributed by atoms with E-state index in [1.807, 2.05) is 24.3 Å². The molecule has 0 amide bonds. The second kappa shape index (κ2) is 5.49. The molecule has 2 aromatic heterocycles. The van der Waals surface area contributed by atoms with Gasteiger partial charge < -0.3 is 15.8 Å². The molecule has 0 fully saturated rings. The summed E-state index contributed by atoms with van der Waals surface area (Å²) in [7, 11) is 1.61. The molecule has 0 aliphatic rings. The Bertz CT molecular complexity index is 741. The minimum absolute atomic E-state index is 0.432. The molecule has 7 nitrogen and oxygen atoms in total. The molecule has 0 radical (unpaired) electrons. The number of rotatable bonds is 4. The quantitative estimate of drug-likeness (QED) is 0.760. The van der Waals surface area contributed by atoms with Crippen LogP contribution in [0.4, 0.5) is 17.2 Å². The minimum atomic E-state index is 0.432. The Morgan fingerprint density at radius 1 is 1.24 bits per heavy atom. The molecule has 1 aromatic carbocycles. The van der Waals surface area contributed by atoms with Gasteiger partial charge in [0.15, 0.2) is 11.6 Å². The molecule has 3 rings (SSSR count). The SMILES string of the molecule is COc1ccccc1Nc1ncnc(-n2ccnc2)c1N. The number of ether oxygens (including phenoxy) is 1. The van der Waals surface area contributed by atoms with Crippen LogP contribution in [-0.2, 0) is 0 Å². The molecule has 2 heterocycles. The maximum atomic E-state index is 6.14. The number of nitrogen functional groups attached to an aromatic ring is 1. The van der Waals surface area contributed by atoms with Crippen molar-refractivity contribution in [2.45, 2.75) is 0 Å². The fourth-order valence-corrected chi connectivity index (χ4v) is 1.95. The number of anilines is 3. The predicted molar refractivity (Wildman–Crippen MR) is 79.8 cm³/mol. The highest BCUT2D eigenvalue weighted by Crippen LogP contribution is 2.30. The summed E-state index contributed by atoms with van der Waals surface area (Å²) in [4.78, 5) is 12.4. The van der Waals surface area contributed by atoms with E-state index in [-0.39, 0.29) is 0 Å². The summed E-state index contributed by atoms with van der Waals surface area (Å²) in [6.07, 6.45) is 6.51. The van der Waals surface area contributed by atoms with Crippen LogP contribution in [0, 0.1) is 0 Å². The Labute approximate surface area is 121 Å². The smallest absolute Gasteiger partial charge is 0.166 e. The van der Waals surface area contributed by atoms with E-state index < -0.39 is 0 Å². The molecule has 7 heteroatoms. The van der Waals surface area contributed by atoms with Gasteiger partial charge in [0, 0.05) is 12.4 Å². The standard InChI is InChI=1S/C14H14N6O/c1-21-11-5-3-2-4-10(11)19-13-12(15)14(18-8-17-13)20-7-6-16-9-20/h2-9H,15H2,1H3,(H,17,18,19). The van der Waals surface area contributed by atoms with Gasteiger partial charge in [-0.3, -0.25) is 4.57 Å². The Kier molecular flexibility index (Phi) is 3.38. The van der Waals surface area contributed by atoms with Gasteiger partial charge in [-0.2, -0.15) is 0 Å². The zero-order valence-electron chi connectivity index (χ0n) is 11.4. The largest absolute Gasteiger partial charge is 0.495 e. The predicted octanol–water partition coefficient (Wildman–Crippen LogP) is 2.00. The maximum absolute atomic E-state index is 6.14. The first-order valence-corrected chi connectivity index (χ1v) is 6.28. The van der Waals surface area contributed by atoms with Crippen molar-refractivity contribution in [2.24, 2.45) is 0 Å². The first-order valence-electron chi connectivity index (χ1n) is 6.28. The van der Waals surface area contributed by atoms with Crippen molar-refractivity contribution in [1.29, 1.82) is 0 Å². The second-order valence-electron chi connectivity index (χ2n) is 4.25. The van der Waals surface area contributed by atoms with Crippen molar-refractivity contribution in [3.05, 3.63) is 49.3 Å². The van der Waals surface area contributed by atoms with Crippen LogP contribution < -0.4 is 15.8 Å². The molecule has 106 valence electrons. The number of nitrogens with two attached hydrogens (primary N) is 1. The van der Waals surface area contributed by atoms with Crippen LogP contribution in [0.25, 0.3) is 5.82 Å². The molecule has 21 heavy (non-hydrogen) atoms. The third-order valence-corrected chi connectivity index (χ3v) is 2.97. The van der Waals surface area contributed by atoms with Crippen molar-refractivity contribution in [3.63, 3.8) is 0 Å². The molecule has 0 spiro atoms. The Hall–Kier alpha value is -3.09. The van der Waals surface area contributed by atoms with E-state index in [1.165, 1.54) is 6.33 Å². The van der Waals surface area contributed by atoms with Crippen molar-refractivity contribution in [1.82, 2.24) is 19.5 Å². The fraction of sp³-hybridized carbons (Fsp3) is 0.0714. The van der Waals surface area contributed by atoms with Gasteiger partial charge in [-0.15, -0.1) is 0 Å². The van der Waals surface area contributed by atoms with E-state index in [9.17, 15) is 0 Å². The lowest BCUT2D eigenvalue weighted by molar-refractivity contribution is 0.417. The third kappa shape index (κ3) is 2.48. The second-order valence-corrected chi connectivity index (χ2v) is 4.25. The Balaban J connectivity index is 1.98. The normalized spacial score (nSPS) is 10.3. The highest BCUT2D eigenvalue weighted by atomic mass is 16.5. The topological polar surface area (TPSA) is 90.9 Å². The average molecular weight is 282 g/mol. The summed E-state index contributed by atoms with van der Waals surface area (Å²) in [5.41, 5.74) is 7.35. The van der Waals surface area contributed by atoms with E-state index in [2.05, 4.69) is 20.3 Å². The summed E-state index contributed by atoms with van der Waals surface area (Å²) >= 11 is 0. The lowest BCUT2D eigenvalue weighted by Gasteiger charge is -2.13. The summed E-state index contributed by atoms with van der Waals surface area (Å²) in [6, 6.07) is 7.54. The molecular formula is C14H14N6O. The Morgan fingerprint density at radius 2 is 2.10 bits per heavy atom.